The second-order valence-corrected chi connectivity index (χ2v) is 5.17. The number of para-hydroxylation sites is 1. The van der Waals surface area contributed by atoms with Gasteiger partial charge in [-0.05, 0) is 30.9 Å². The van der Waals surface area contributed by atoms with Crippen molar-refractivity contribution in [1.29, 1.82) is 0 Å². The minimum atomic E-state index is -0.373. The SMILES string of the molecule is COC(=O)C1CN(C(=O)C2=CCCC2)c2ccccc21. The lowest BCUT2D eigenvalue weighted by molar-refractivity contribution is -0.142. The van der Waals surface area contributed by atoms with Gasteiger partial charge in [-0.2, -0.15) is 0 Å². The third-order valence-corrected chi connectivity index (χ3v) is 4.01. The fraction of sp³-hybridized carbons (Fsp3) is 0.375. The first-order chi connectivity index (χ1) is 9.72. The van der Waals surface area contributed by atoms with E-state index >= 15 is 0 Å². The van der Waals surface area contributed by atoms with Crippen molar-refractivity contribution in [2.45, 2.75) is 25.2 Å². The highest BCUT2D eigenvalue weighted by atomic mass is 16.5. The van der Waals surface area contributed by atoms with Crippen molar-refractivity contribution in [2.75, 3.05) is 18.6 Å². The summed E-state index contributed by atoms with van der Waals surface area (Å²) >= 11 is 0. The van der Waals surface area contributed by atoms with Crippen LogP contribution >= 0.6 is 0 Å². The van der Waals surface area contributed by atoms with Crippen LogP contribution in [0.2, 0.25) is 0 Å². The fourth-order valence-corrected chi connectivity index (χ4v) is 2.98. The van der Waals surface area contributed by atoms with Gasteiger partial charge < -0.3 is 9.64 Å². The molecule has 0 N–H and O–H groups in total. The molecule has 1 aliphatic carbocycles. The average Bonchev–Trinajstić information content (AvgIpc) is 3.13. The van der Waals surface area contributed by atoms with Crippen molar-refractivity contribution in [2.24, 2.45) is 0 Å². The zero-order valence-corrected chi connectivity index (χ0v) is 11.5. The largest absolute Gasteiger partial charge is 0.468 e. The summed E-state index contributed by atoms with van der Waals surface area (Å²) in [5, 5.41) is 0. The number of benzene rings is 1. The van der Waals surface area contributed by atoms with Crippen molar-refractivity contribution in [1.82, 2.24) is 0 Å². The van der Waals surface area contributed by atoms with Crippen molar-refractivity contribution in [3.05, 3.63) is 41.5 Å². The summed E-state index contributed by atoms with van der Waals surface area (Å²) in [7, 11) is 1.38. The first-order valence-electron chi connectivity index (χ1n) is 6.90. The van der Waals surface area contributed by atoms with Crippen LogP contribution in [0.4, 0.5) is 5.69 Å². The zero-order chi connectivity index (χ0) is 14.1. The Bertz CT molecular complexity index is 591. The number of allylic oxidation sites excluding steroid dienone is 1. The quantitative estimate of drug-likeness (QED) is 0.776. The monoisotopic (exact) mass is 271 g/mol. The first-order valence-corrected chi connectivity index (χ1v) is 6.90. The van der Waals surface area contributed by atoms with Crippen molar-refractivity contribution < 1.29 is 14.3 Å². The highest BCUT2D eigenvalue weighted by Crippen LogP contribution is 2.38. The van der Waals surface area contributed by atoms with Crippen LogP contribution in [0, 0.1) is 0 Å². The van der Waals surface area contributed by atoms with Gasteiger partial charge in [-0.15, -0.1) is 0 Å². The molecule has 0 radical (unpaired) electrons. The van der Waals surface area contributed by atoms with Crippen molar-refractivity contribution >= 4 is 17.6 Å². The Hall–Kier alpha value is -2.10. The summed E-state index contributed by atoms with van der Waals surface area (Å²) in [6, 6.07) is 7.57. The van der Waals surface area contributed by atoms with E-state index in [0.29, 0.717) is 6.54 Å². The third-order valence-electron chi connectivity index (χ3n) is 4.01. The number of rotatable bonds is 2. The smallest absolute Gasteiger partial charge is 0.315 e. The van der Waals surface area contributed by atoms with E-state index in [-0.39, 0.29) is 17.8 Å². The van der Waals surface area contributed by atoms with Gasteiger partial charge in [-0.3, -0.25) is 9.59 Å². The molecule has 2 aliphatic rings. The number of anilines is 1. The topological polar surface area (TPSA) is 46.6 Å². The number of carbonyl (C=O) groups is 2. The molecule has 4 heteroatoms. The van der Waals surface area contributed by atoms with Gasteiger partial charge >= 0.3 is 5.97 Å². The van der Waals surface area contributed by atoms with E-state index in [4.69, 9.17) is 4.74 Å². The number of esters is 1. The maximum atomic E-state index is 12.6. The predicted molar refractivity (Wildman–Crippen MR) is 75.5 cm³/mol. The second-order valence-electron chi connectivity index (χ2n) is 5.17. The van der Waals surface area contributed by atoms with Crippen LogP contribution in [0.1, 0.15) is 30.7 Å². The Labute approximate surface area is 118 Å². The van der Waals surface area contributed by atoms with E-state index < -0.39 is 0 Å². The Balaban J connectivity index is 1.94. The van der Waals surface area contributed by atoms with Crippen LogP contribution in [0.5, 0.6) is 0 Å². The molecule has 0 fully saturated rings. The lowest BCUT2D eigenvalue weighted by atomic mass is 10.0. The predicted octanol–water partition coefficient (Wildman–Crippen LogP) is 2.40. The molecule has 0 saturated carbocycles. The lowest BCUT2D eigenvalue weighted by Crippen LogP contribution is -2.32. The molecule has 1 aromatic carbocycles. The number of hydrogen-bond acceptors (Lipinski definition) is 3. The highest BCUT2D eigenvalue weighted by Gasteiger charge is 2.37. The molecule has 0 saturated heterocycles. The molecular weight excluding hydrogens is 254 g/mol. The maximum Gasteiger partial charge on any atom is 0.315 e. The van der Waals surface area contributed by atoms with E-state index in [9.17, 15) is 9.59 Å². The molecule has 3 rings (SSSR count). The number of amides is 1. The molecule has 1 unspecified atom stereocenters. The normalized spacial score (nSPS) is 20.6. The summed E-state index contributed by atoms with van der Waals surface area (Å²) in [6.45, 7) is 0.377. The summed E-state index contributed by atoms with van der Waals surface area (Å²) in [6.07, 6.45) is 4.85. The van der Waals surface area contributed by atoms with Gasteiger partial charge in [-0.25, -0.2) is 0 Å². The fourth-order valence-electron chi connectivity index (χ4n) is 2.98. The van der Waals surface area contributed by atoms with Gasteiger partial charge in [0.05, 0.1) is 7.11 Å². The van der Waals surface area contributed by atoms with E-state index in [1.807, 2.05) is 30.3 Å². The minimum Gasteiger partial charge on any atom is -0.468 e. The number of fused-ring (bicyclic) bond motifs is 1. The molecular formula is C16H17NO3. The van der Waals surface area contributed by atoms with Crippen LogP contribution in [0.25, 0.3) is 0 Å². The standard InChI is InChI=1S/C16H17NO3/c1-20-16(19)13-10-17(14-9-5-4-8-12(13)14)15(18)11-6-2-3-7-11/h4-6,8-9,13H,2-3,7,10H2,1H3. The second kappa shape index (κ2) is 5.12. The number of ether oxygens (including phenoxy) is 1. The molecule has 104 valence electrons. The minimum absolute atomic E-state index is 0.0290. The van der Waals surface area contributed by atoms with E-state index in [2.05, 4.69) is 0 Å². The molecule has 0 spiro atoms. The number of methoxy groups -OCH3 is 1. The Morgan fingerprint density at radius 3 is 2.80 bits per heavy atom. The van der Waals surface area contributed by atoms with Crippen molar-refractivity contribution in [3.8, 4) is 0 Å². The van der Waals surface area contributed by atoms with Crippen LogP contribution in [0.15, 0.2) is 35.9 Å². The Morgan fingerprint density at radius 2 is 2.10 bits per heavy atom. The van der Waals surface area contributed by atoms with Gasteiger partial charge in [0.25, 0.3) is 5.91 Å². The van der Waals surface area contributed by atoms with Crippen LogP contribution in [-0.4, -0.2) is 25.5 Å². The molecule has 0 aromatic heterocycles. The average molecular weight is 271 g/mol. The maximum absolute atomic E-state index is 12.6. The van der Waals surface area contributed by atoms with Crippen molar-refractivity contribution in [3.63, 3.8) is 0 Å². The molecule has 1 aliphatic heterocycles. The molecule has 20 heavy (non-hydrogen) atoms. The van der Waals surface area contributed by atoms with Gasteiger partial charge in [0.1, 0.15) is 5.92 Å². The van der Waals surface area contributed by atoms with Gasteiger partial charge in [0.2, 0.25) is 0 Å². The lowest BCUT2D eigenvalue weighted by Gasteiger charge is -2.18. The number of nitrogens with zero attached hydrogens (tertiary/aromatic N) is 1. The summed E-state index contributed by atoms with van der Waals surface area (Å²) < 4.78 is 4.85. The van der Waals surface area contributed by atoms with Crippen LogP contribution < -0.4 is 4.90 Å². The molecule has 1 amide bonds. The summed E-state index contributed by atoms with van der Waals surface area (Å²) in [4.78, 5) is 26.2. The van der Waals surface area contributed by atoms with Gasteiger partial charge in [-0.1, -0.05) is 24.3 Å². The van der Waals surface area contributed by atoms with E-state index in [1.165, 1.54) is 7.11 Å². The first kappa shape index (κ1) is 12.9. The zero-order valence-electron chi connectivity index (χ0n) is 11.5. The molecule has 1 heterocycles. The van der Waals surface area contributed by atoms with Gasteiger partial charge in [0, 0.05) is 17.8 Å². The molecule has 0 bridgehead atoms. The van der Waals surface area contributed by atoms with Crippen LogP contribution in [0.3, 0.4) is 0 Å². The Morgan fingerprint density at radius 1 is 1.30 bits per heavy atom. The number of hydrogen-bond donors (Lipinski definition) is 0. The van der Waals surface area contributed by atoms with E-state index in [0.717, 1.165) is 36.1 Å². The van der Waals surface area contributed by atoms with E-state index in [1.54, 1.807) is 4.90 Å². The van der Waals surface area contributed by atoms with Gasteiger partial charge in [0.15, 0.2) is 0 Å². The Kier molecular flexibility index (Phi) is 3.30. The molecule has 1 aromatic rings. The molecule has 4 nitrogen and oxygen atoms in total. The summed E-state index contributed by atoms with van der Waals surface area (Å²) in [5.74, 6) is -0.628. The molecule has 1 atom stereocenters. The third kappa shape index (κ3) is 2.01. The highest BCUT2D eigenvalue weighted by molar-refractivity contribution is 6.08. The van der Waals surface area contributed by atoms with Crippen LogP contribution in [-0.2, 0) is 14.3 Å². The number of carbonyl (C=O) groups excluding carboxylic acids is 2. The summed E-state index contributed by atoms with van der Waals surface area (Å²) in [5.41, 5.74) is 2.58.